The monoisotopic (exact) mass is 353 g/mol. The molecule has 2 aliphatic heterocycles. The van der Waals surface area contributed by atoms with E-state index in [0.717, 1.165) is 31.4 Å². The van der Waals surface area contributed by atoms with Crippen LogP contribution in [0.3, 0.4) is 0 Å². The molecule has 4 rings (SSSR count). The average Bonchev–Trinajstić information content (AvgIpc) is 3.28. The van der Waals surface area contributed by atoms with Crippen molar-refractivity contribution < 1.29 is 13.2 Å². The van der Waals surface area contributed by atoms with Gasteiger partial charge in [0, 0.05) is 19.1 Å². The lowest BCUT2D eigenvalue weighted by Gasteiger charge is -2.26. The van der Waals surface area contributed by atoms with Crippen LogP contribution >= 0.6 is 0 Å². The summed E-state index contributed by atoms with van der Waals surface area (Å²) in [4.78, 5) is 12.5. The molecule has 2 bridgehead atoms. The molecule has 8 nitrogen and oxygen atoms in total. The fourth-order valence-electron chi connectivity index (χ4n) is 4.29. The van der Waals surface area contributed by atoms with Crippen molar-refractivity contribution >= 4 is 16.1 Å². The first-order chi connectivity index (χ1) is 11.5. The number of carbonyl (C=O) groups excluding carboxylic acids is 1. The molecular formula is C15H23N5O3S. The van der Waals surface area contributed by atoms with Crippen LogP contribution in [-0.4, -0.2) is 47.5 Å². The predicted molar refractivity (Wildman–Crippen MR) is 87.3 cm³/mol. The Hall–Kier alpha value is -1.45. The fourth-order valence-corrected chi connectivity index (χ4v) is 5.75. The van der Waals surface area contributed by atoms with E-state index in [1.54, 1.807) is 4.68 Å². The van der Waals surface area contributed by atoms with Gasteiger partial charge in [0.2, 0.25) is 0 Å². The molecule has 2 fully saturated rings. The average molecular weight is 353 g/mol. The number of nitrogens with two attached hydrogens (primary N) is 1. The molecule has 1 saturated carbocycles. The van der Waals surface area contributed by atoms with E-state index in [1.165, 1.54) is 10.5 Å². The highest BCUT2D eigenvalue weighted by molar-refractivity contribution is 7.87. The Balaban J connectivity index is 1.52. The molecule has 3 unspecified atom stereocenters. The molecule has 1 aromatic rings. The van der Waals surface area contributed by atoms with Crippen molar-refractivity contribution in [2.75, 3.05) is 13.1 Å². The highest BCUT2D eigenvalue weighted by atomic mass is 32.2. The van der Waals surface area contributed by atoms with Crippen LogP contribution in [0.25, 0.3) is 0 Å². The van der Waals surface area contributed by atoms with E-state index in [2.05, 4.69) is 9.82 Å². The molecule has 0 spiro atoms. The lowest BCUT2D eigenvalue weighted by atomic mass is 9.94. The second kappa shape index (κ2) is 5.82. The maximum absolute atomic E-state index is 12.6. The van der Waals surface area contributed by atoms with Gasteiger partial charge in [0.1, 0.15) is 0 Å². The first-order valence-corrected chi connectivity index (χ1v) is 10.0. The van der Waals surface area contributed by atoms with Gasteiger partial charge in [-0.05, 0) is 50.5 Å². The highest BCUT2D eigenvalue weighted by Crippen LogP contribution is 2.38. The van der Waals surface area contributed by atoms with Gasteiger partial charge in [-0.1, -0.05) is 0 Å². The number of nitrogens with zero attached hydrogens (tertiary/aromatic N) is 3. The molecule has 132 valence electrons. The van der Waals surface area contributed by atoms with Crippen LogP contribution in [0.4, 0.5) is 0 Å². The summed E-state index contributed by atoms with van der Waals surface area (Å²) in [7, 11) is -3.79. The number of hydrogen-bond acceptors (Lipinski definition) is 5. The minimum atomic E-state index is -3.79. The zero-order chi connectivity index (χ0) is 16.9. The molecule has 3 aliphatic rings. The third kappa shape index (κ3) is 2.64. The number of aromatic nitrogens is 2. The Morgan fingerprint density at radius 1 is 1.38 bits per heavy atom. The van der Waals surface area contributed by atoms with Gasteiger partial charge < -0.3 is 5.73 Å². The predicted octanol–water partition coefficient (Wildman–Crippen LogP) is -0.137. The Labute approximate surface area is 141 Å². The highest BCUT2D eigenvalue weighted by Gasteiger charge is 2.44. The van der Waals surface area contributed by atoms with E-state index in [1.807, 2.05) is 0 Å². The quantitative estimate of drug-likeness (QED) is 0.783. The molecule has 24 heavy (non-hydrogen) atoms. The van der Waals surface area contributed by atoms with E-state index in [-0.39, 0.29) is 6.04 Å². The van der Waals surface area contributed by atoms with Gasteiger partial charge in [-0.3, -0.25) is 9.48 Å². The first kappa shape index (κ1) is 16.0. The van der Waals surface area contributed by atoms with Crippen molar-refractivity contribution in [1.82, 2.24) is 18.8 Å². The molecule has 3 atom stereocenters. The fraction of sp³-hybridized carbons (Fsp3) is 0.733. The van der Waals surface area contributed by atoms with E-state index in [9.17, 15) is 13.2 Å². The van der Waals surface area contributed by atoms with Crippen LogP contribution < -0.4 is 10.5 Å². The standard InChI is InChI=1S/C15H23N5O3S/c16-7-10-3-4-19-14(6-10)13(8-17-19)15(21)18-24(22,23)20-9-11-1-2-12(20)5-11/h8,10-12H,1-7,9,16H2,(H,18,21). The Kier molecular flexibility index (Phi) is 3.89. The zero-order valence-corrected chi connectivity index (χ0v) is 14.3. The molecule has 0 radical (unpaired) electrons. The number of amides is 1. The number of fused-ring (bicyclic) bond motifs is 3. The van der Waals surface area contributed by atoms with Gasteiger partial charge in [-0.15, -0.1) is 0 Å². The van der Waals surface area contributed by atoms with Crippen molar-refractivity contribution in [2.45, 2.75) is 44.7 Å². The van der Waals surface area contributed by atoms with Crippen LogP contribution in [0, 0.1) is 11.8 Å². The van der Waals surface area contributed by atoms with Gasteiger partial charge in [-0.25, -0.2) is 4.72 Å². The van der Waals surface area contributed by atoms with Crippen molar-refractivity contribution in [1.29, 1.82) is 0 Å². The summed E-state index contributed by atoms with van der Waals surface area (Å²) >= 11 is 0. The van der Waals surface area contributed by atoms with Crippen molar-refractivity contribution in [2.24, 2.45) is 17.6 Å². The molecule has 1 aliphatic carbocycles. The number of carbonyl (C=O) groups is 1. The van der Waals surface area contributed by atoms with Crippen LogP contribution in [0.5, 0.6) is 0 Å². The first-order valence-electron chi connectivity index (χ1n) is 8.56. The summed E-state index contributed by atoms with van der Waals surface area (Å²) in [6.45, 7) is 1.79. The van der Waals surface area contributed by atoms with E-state index in [0.29, 0.717) is 43.5 Å². The number of aryl methyl sites for hydroxylation is 1. The molecule has 9 heteroatoms. The van der Waals surface area contributed by atoms with Crippen molar-refractivity contribution in [3.8, 4) is 0 Å². The second-order valence-corrected chi connectivity index (χ2v) is 8.78. The van der Waals surface area contributed by atoms with Crippen molar-refractivity contribution in [3.63, 3.8) is 0 Å². The summed E-state index contributed by atoms with van der Waals surface area (Å²) in [5.74, 6) is 0.166. The molecule has 0 aromatic carbocycles. The molecule has 1 amide bonds. The lowest BCUT2D eigenvalue weighted by molar-refractivity contribution is 0.0976. The smallest absolute Gasteiger partial charge is 0.304 e. The van der Waals surface area contributed by atoms with Crippen LogP contribution in [0.2, 0.25) is 0 Å². The Bertz CT molecular complexity index is 759. The maximum Gasteiger partial charge on any atom is 0.304 e. The summed E-state index contributed by atoms with van der Waals surface area (Å²) < 4.78 is 30.6. The Morgan fingerprint density at radius 2 is 2.21 bits per heavy atom. The zero-order valence-electron chi connectivity index (χ0n) is 13.5. The van der Waals surface area contributed by atoms with E-state index >= 15 is 0 Å². The number of rotatable bonds is 4. The molecule has 3 N–H and O–H groups in total. The molecular weight excluding hydrogens is 330 g/mol. The lowest BCUT2D eigenvalue weighted by Crippen LogP contribution is -2.47. The van der Waals surface area contributed by atoms with Gasteiger partial charge in [0.25, 0.3) is 5.91 Å². The topological polar surface area (TPSA) is 110 Å². The minimum absolute atomic E-state index is 0.0444. The largest absolute Gasteiger partial charge is 0.330 e. The second-order valence-electron chi connectivity index (χ2n) is 7.16. The van der Waals surface area contributed by atoms with Crippen LogP contribution in [0.15, 0.2) is 6.20 Å². The molecule has 1 aromatic heterocycles. The SMILES string of the molecule is NCC1CCn2ncc(C(=O)NS(=O)(=O)N3CC4CCC3C4)c2C1. The van der Waals surface area contributed by atoms with Crippen LogP contribution in [-0.2, 0) is 23.2 Å². The van der Waals surface area contributed by atoms with E-state index < -0.39 is 16.1 Å². The summed E-state index contributed by atoms with van der Waals surface area (Å²) in [5.41, 5.74) is 6.87. The van der Waals surface area contributed by atoms with Crippen molar-refractivity contribution in [3.05, 3.63) is 17.5 Å². The third-order valence-electron chi connectivity index (χ3n) is 5.65. The van der Waals surface area contributed by atoms with Gasteiger partial charge in [0.05, 0.1) is 17.5 Å². The van der Waals surface area contributed by atoms with Gasteiger partial charge >= 0.3 is 10.2 Å². The summed E-state index contributed by atoms with van der Waals surface area (Å²) in [6.07, 6.45) is 5.95. The van der Waals surface area contributed by atoms with Gasteiger partial charge in [0.15, 0.2) is 0 Å². The third-order valence-corrected chi connectivity index (χ3v) is 7.16. The normalized spacial score (nSPS) is 29.6. The van der Waals surface area contributed by atoms with Crippen LogP contribution in [0.1, 0.15) is 41.7 Å². The molecule has 3 heterocycles. The van der Waals surface area contributed by atoms with Gasteiger partial charge in [-0.2, -0.15) is 17.8 Å². The molecule has 1 saturated heterocycles. The summed E-state index contributed by atoms with van der Waals surface area (Å²) in [5, 5.41) is 4.22. The maximum atomic E-state index is 12.6. The van der Waals surface area contributed by atoms with E-state index in [4.69, 9.17) is 5.73 Å². The number of hydrogen-bond donors (Lipinski definition) is 2. The number of piperidine rings is 1. The minimum Gasteiger partial charge on any atom is -0.330 e. The Morgan fingerprint density at radius 3 is 2.88 bits per heavy atom. The number of nitrogens with one attached hydrogen (secondary N) is 1. The summed E-state index contributed by atoms with van der Waals surface area (Å²) in [6, 6.07) is 0.0444.